The van der Waals surface area contributed by atoms with Crippen LogP contribution in [0.1, 0.15) is 85.0 Å². The number of hydrogen-bond donors (Lipinski definition) is 0. The van der Waals surface area contributed by atoms with E-state index in [1.165, 1.54) is 19.3 Å². The minimum absolute atomic E-state index is 0.128. The lowest BCUT2D eigenvalue weighted by molar-refractivity contribution is -0.153. The van der Waals surface area contributed by atoms with Gasteiger partial charge in [0.15, 0.2) is 0 Å². The first-order valence-electron chi connectivity index (χ1n) is 9.52. The van der Waals surface area contributed by atoms with Crippen LogP contribution in [-0.2, 0) is 14.3 Å². The SMILES string of the molecule is CCCCCCCC(=O)N1CCCC1C(=O)OCCCC(C)C. The molecule has 1 unspecified atom stereocenters. The number of hydrogen-bond acceptors (Lipinski definition) is 3. The summed E-state index contributed by atoms with van der Waals surface area (Å²) in [4.78, 5) is 26.3. The number of likely N-dealkylation sites (tertiary alicyclic amines) is 1. The van der Waals surface area contributed by atoms with Crippen molar-refractivity contribution < 1.29 is 14.3 Å². The maximum Gasteiger partial charge on any atom is 0.328 e. The molecule has 1 fully saturated rings. The molecule has 0 radical (unpaired) electrons. The molecule has 1 atom stereocenters. The molecule has 4 nitrogen and oxygen atoms in total. The third-order valence-electron chi connectivity index (χ3n) is 4.51. The van der Waals surface area contributed by atoms with Gasteiger partial charge in [-0.3, -0.25) is 4.79 Å². The van der Waals surface area contributed by atoms with Crippen molar-refractivity contribution in [1.29, 1.82) is 0 Å². The second-order valence-corrected chi connectivity index (χ2v) is 7.11. The first-order chi connectivity index (χ1) is 11.1. The van der Waals surface area contributed by atoms with Crippen molar-refractivity contribution in [1.82, 2.24) is 4.90 Å². The smallest absolute Gasteiger partial charge is 0.328 e. The molecule has 1 amide bonds. The molecule has 0 aromatic rings. The summed E-state index contributed by atoms with van der Waals surface area (Å²) >= 11 is 0. The topological polar surface area (TPSA) is 46.6 Å². The molecule has 1 heterocycles. The number of nitrogens with zero attached hydrogens (tertiary/aromatic N) is 1. The van der Waals surface area contributed by atoms with E-state index < -0.39 is 0 Å². The van der Waals surface area contributed by atoms with E-state index in [2.05, 4.69) is 20.8 Å². The largest absolute Gasteiger partial charge is 0.464 e. The van der Waals surface area contributed by atoms with Gasteiger partial charge in [-0.25, -0.2) is 4.79 Å². The summed E-state index contributed by atoms with van der Waals surface area (Å²) in [6.07, 6.45) is 9.90. The summed E-state index contributed by atoms with van der Waals surface area (Å²) in [7, 11) is 0. The van der Waals surface area contributed by atoms with Crippen LogP contribution in [0.4, 0.5) is 0 Å². The van der Waals surface area contributed by atoms with E-state index in [0.717, 1.165) is 38.5 Å². The first-order valence-corrected chi connectivity index (χ1v) is 9.52. The van der Waals surface area contributed by atoms with Crippen LogP contribution in [0.3, 0.4) is 0 Å². The van der Waals surface area contributed by atoms with Crippen molar-refractivity contribution in [2.75, 3.05) is 13.2 Å². The van der Waals surface area contributed by atoms with Gasteiger partial charge in [0.25, 0.3) is 0 Å². The van der Waals surface area contributed by atoms with Crippen LogP contribution < -0.4 is 0 Å². The molecule has 0 saturated carbocycles. The Morgan fingerprint density at radius 3 is 2.57 bits per heavy atom. The van der Waals surface area contributed by atoms with Gasteiger partial charge in [0.05, 0.1) is 6.61 Å². The number of carbonyl (C=O) groups is 2. The van der Waals surface area contributed by atoms with E-state index >= 15 is 0 Å². The van der Waals surface area contributed by atoms with E-state index in [1.54, 1.807) is 4.90 Å². The molecule has 134 valence electrons. The Morgan fingerprint density at radius 2 is 1.87 bits per heavy atom. The fraction of sp³-hybridized carbons (Fsp3) is 0.895. The van der Waals surface area contributed by atoms with Gasteiger partial charge in [0.2, 0.25) is 5.91 Å². The normalized spacial score (nSPS) is 17.7. The monoisotopic (exact) mass is 325 g/mol. The quantitative estimate of drug-likeness (QED) is 0.420. The predicted molar refractivity (Wildman–Crippen MR) is 93.1 cm³/mol. The van der Waals surface area contributed by atoms with Gasteiger partial charge in [-0.1, -0.05) is 46.5 Å². The lowest BCUT2D eigenvalue weighted by Crippen LogP contribution is -2.41. The minimum Gasteiger partial charge on any atom is -0.464 e. The van der Waals surface area contributed by atoms with Gasteiger partial charge in [0.1, 0.15) is 6.04 Å². The minimum atomic E-state index is -0.336. The Labute approximate surface area is 141 Å². The van der Waals surface area contributed by atoms with Crippen LogP contribution in [0.25, 0.3) is 0 Å². The van der Waals surface area contributed by atoms with Crippen LogP contribution in [-0.4, -0.2) is 36.0 Å². The first kappa shape index (κ1) is 20.0. The molecular weight excluding hydrogens is 290 g/mol. The van der Waals surface area contributed by atoms with E-state index in [-0.39, 0.29) is 17.9 Å². The fourth-order valence-electron chi connectivity index (χ4n) is 3.09. The highest BCUT2D eigenvalue weighted by Crippen LogP contribution is 2.21. The molecule has 0 aromatic carbocycles. The summed E-state index contributed by atoms with van der Waals surface area (Å²) in [5.74, 6) is 0.555. The van der Waals surface area contributed by atoms with Crippen molar-refractivity contribution in [3.63, 3.8) is 0 Å². The Hall–Kier alpha value is -1.06. The summed E-state index contributed by atoms with van der Waals surface area (Å²) < 4.78 is 5.38. The Balaban J connectivity index is 2.28. The number of carbonyl (C=O) groups excluding carboxylic acids is 2. The Kier molecular flexibility index (Phi) is 9.97. The van der Waals surface area contributed by atoms with Gasteiger partial charge in [-0.2, -0.15) is 0 Å². The molecule has 1 aliphatic heterocycles. The molecule has 0 bridgehead atoms. The van der Waals surface area contributed by atoms with E-state index in [1.807, 2.05) is 0 Å². The molecule has 1 saturated heterocycles. The average molecular weight is 325 g/mol. The lowest BCUT2D eigenvalue weighted by atomic mass is 10.1. The molecule has 0 aliphatic carbocycles. The highest BCUT2D eigenvalue weighted by Gasteiger charge is 2.34. The van der Waals surface area contributed by atoms with E-state index in [4.69, 9.17) is 4.74 Å². The van der Waals surface area contributed by atoms with Crippen LogP contribution >= 0.6 is 0 Å². The van der Waals surface area contributed by atoms with Crippen LogP contribution in [0.2, 0.25) is 0 Å². The maximum atomic E-state index is 12.3. The summed E-state index contributed by atoms with van der Waals surface area (Å²) in [5.41, 5.74) is 0. The molecule has 23 heavy (non-hydrogen) atoms. The van der Waals surface area contributed by atoms with Crippen LogP contribution in [0.5, 0.6) is 0 Å². The van der Waals surface area contributed by atoms with Gasteiger partial charge in [-0.05, 0) is 38.0 Å². The van der Waals surface area contributed by atoms with Gasteiger partial charge in [-0.15, -0.1) is 0 Å². The molecule has 1 rings (SSSR count). The van der Waals surface area contributed by atoms with E-state index in [0.29, 0.717) is 25.5 Å². The van der Waals surface area contributed by atoms with Crippen LogP contribution in [0, 0.1) is 5.92 Å². The second kappa shape index (κ2) is 11.5. The summed E-state index contributed by atoms with van der Waals surface area (Å²) in [5, 5.41) is 0. The van der Waals surface area contributed by atoms with Crippen LogP contribution in [0.15, 0.2) is 0 Å². The van der Waals surface area contributed by atoms with Crippen molar-refractivity contribution in [3.8, 4) is 0 Å². The standard InChI is InChI=1S/C19H35NO3/c1-4-5-6-7-8-13-18(21)20-14-9-12-17(20)19(22)23-15-10-11-16(2)3/h16-17H,4-15H2,1-3H3. The zero-order chi connectivity index (χ0) is 17.1. The van der Waals surface area contributed by atoms with Crippen molar-refractivity contribution >= 4 is 11.9 Å². The molecule has 4 heteroatoms. The zero-order valence-corrected chi connectivity index (χ0v) is 15.3. The van der Waals surface area contributed by atoms with Gasteiger partial charge >= 0.3 is 5.97 Å². The fourth-order valence-corrected chi connectivity index (χ4v) is 3.09. The summed E-state index contributed by atoms with van der Waals surface area (Å²) in [6, 6.07) is -0.336. The Bertz CT molecular complexity index is 355. The van der Waals surface area contributed by atoms with Gasteiger partial charge in [0, 0.05) is 13.0 Å². The molecule has 0 spiro atoms. The second-order valence-electron chi connectivity index (χ2n) is 7.11. The number of amides is 1. The molecule has 1 aliphatic rings. The summed E-state index contributed by atoms with van der Waals surface area (Å²) in [6.45, 7) is 7.71. The zero-order valence-electron chi connectivity index (χ0n) is 15.3. The third-order valence-corrected chi connectivity index (χ3v) is 4.51. The van der Waals surface area contributed by atoms with Crippen molar-refractivity contribution in [2.24, 2.45) is 5.92 Å². The van der Waals surface area contributed by atoms with Crippen molar-refractivity contribution in [3.05, 3.63) is 0 Å². The average Bonchev–Trinajstić information content (AvgIpc) is 3.00. The molecule has 0 N–H and O–H groups in total. The van der Waals surface area contributed by atoms with Crippen molar-refractivity contribution in [2.45, 2.75) is 91.0 Å². The highest BCUT2D eigenvalue weighted by atomic mass is 16.5. The number of rotatable bonds is 11. The predicted octanol–water partition coefficient (Wildman–Crippen LogP) is 4.32. The molecule has 0 aromatic heterocycles. The number of unbranched alkanes of at least 4 members (excludes halogenated alkanes) is 4. The highest BCUT2D eigenvalue weighted by molar-refractivity contribution is 5.85. The number of esters is 1. The van der Waals surface area contributed by atoms with E-state index in [9.17, 15) is 9.59 Å². The lowest BCUT2D eigenvalue weighted by Gasteiger charge is -2.23. The Morgan fingerprint density at radius 1 is 1.13 bits per heavy atom. The molecular formula is C19H35NO3. The van der Waals surface area contributed by atoms with Gasteiger partial charge < -0.3 is 9.64 Å². The third kappa shape index (κ3) is 7.85. The number of ether oxygens (including phenoxy) is 1. The maximum absolute atomic E-state index is 12.3.